The van der Waals surface area contributed by atoms with E-state index in [1.165, 1.54) is 28.8 Å². The lowest BCUT2D eigenvalue weighted by molar-refractivity contribution is -0.123. The van der Waals surface area contributed by atoms with Gasteiger partial charge in [0.05, 0.1) is 20.3 Å². The van der Waals surface area contributed by atoms with Crippen molar-refractivity contribution in [2.75, 3.05) is 13.1 Å². The number of amides is 1. The molecule has 3 aromatic rings. The van der Waals surface area contributed by atoms with Crippen LogP contribution in [0.25, 0.3) is 17.3 Å². The van der Waals surface area contributed by atoms with Crippen LogP contribution >= 0.6 is 34.5 Å². The van der Waals surface area contributed by atoms with Crippen molar-refractivity contribution in [3.63, 3.8) is 0 Å². The van der Waals surface area contributed by atoms with Gasteiger partial charge < -0.3 is 4.90 Å². The fraction of sp³-hybridized carbons (Fsp3) is 0.174. The van der Waals surface area contributed by atoms with E-state index in [0.717, 1.165) is 24.2 Å². The highest BCUT2D eigenvalue weighted by atomic mass is 35.5. The molecular formula is C23H16Cl2FN3O2S. The molecule has 0 unspecified atom stereocenters. The van der Waals surface area contributed by atoms with Crippen molar-refractivity contribution in [2.45, 2.75) is 12.8 Å². The number of halogens is 3. The topological polar surface area (TPSA) is 66.1 Å². The summed E-state index contributed by atoms with van der Waals surface area (Å²) < 4.78 is 15.2. The van der Waals surface area contributed by atoms with Gasteiger partial charge in [0.1, 0.15) is 16.5 Å². The molecule has 2 heterocycles. The third-order valence-corrected chi connectivity index (χ3v) is 7.04. The van der Waals surface area contributed by atoms with Crippen molar-refractivity contribution in [1.82, 2.24) is 9.47 Å². The highest BCUT2D eigenvalue weighted by Gasteiger charge is 2.24. The minimum atomic E-state index is -0.464. The Kier molecular flexibility index (Phi) is 6.47. The number of benzene rings is 2. The van der Waals surface area contributed by atoms with E-state index in [4.69, 9.17) is 23.2 Å². The van der Waals surface area contributed by atoms with Crippen molar-refractivity contribution in [3.05, 3.63) is 83.4 Å². The summed E-state index contributed by atoms with van der Waals surface area (Å²) in [4.78, 5) is 28.0. The molecule has 0 N–H and O–H groups in total. The molecule has 1 aromatic heterocycles. The maximum atomic E-state index is 13.5. The summed E-state index contributed by atoms with van der Waals surface area (Å²) in [6, 6.07) is 12.3. The summed E-state index contributed by atoms with van der Waals surface area (Å²) >= 11 is 13.4. The second-order valence-corrected chi connectivity index (χ2v) is 8.98. The minimum Gasteiger partial charge on any atom is -0.338 e. The van der Waals surface area contributed by atoms with Gasteiger partial charge in [-0.25, -0.2) is 4.39 Å². The van der Waals surface area contributed by atoms with E-state index in [2.05, 4.69) is 0 Å². The molecular weight excluding hydrogens is 472 g/mol. The highest BCUT2D eigenvalue weighted by Crippen LogP contribution is 2.25. The Hall–Kier alpha value is -2.92. The highest BCUT2D eigenvalue weighted by molar-refractivity contribution is 7.07. The molecule has 4 rings (SSSR count). The lowest BCUT2D eigenvalue weighted by Crippen LogP contribution is -2.35. The van der Waals surface area contributed by atoms with Gasteiger partial charge in [-0.3, -0.25) is 14.2 Å². The number of rotatable bonds is 3. The number of carbonyl (C=O) groups is 1. The maximum Gasteiger partial charge on any atom is 0.273 e. The predicted octanol–water partition coefficient (Wildman–Crippen LogP) is 3.47. The molecule has 2 aromatic carbocycles. The van der Waals surface area contributed by atoms with Crippen LogP contribution in [0.2, 0.25) is 10.0 Å². The van der Waals surface area contributed by atoms with Crippen LogP contribution in [0, 0.1) is 17.1 Å². The lowest BCUT2D eigenvalue weighted by atomic mass is 10.2. The summed E-state index contributed by atoms with van der Waals surface area (Å²) in [5.41, 5.74) is 0.297. The van der Waals surface area contributed by atoms with Gasteiger partial charge in [0.15, 0.2) is 5.57 Å². The van der Waals surface area contributed by atoms with E-state index in [0.29, 0.717) is 29.4 Å². The average molecular weight is 488 g/mol. The molecule has 162 valence electrons. The number of likely N-dealkylation sites (tertiary alicyclic amines) is 1. The number of nitriles is 1. The van der Waals surface area contributed by atoms with Gasteiger partial charge in [-0.05, 0) is 54.8 Å². The fourth-order valence-electron chi connectivity index (χ4n) is 3.51. The van der Waals surface area contributed by atoms with E-state index in [1.54, 1.807) is 29.2 Å². The molecule has 32 heavy (non-hydrogen) atoms. The molecule has 5 nitrogen and oxygen atoms in total. The first-order chi connectivity index (χ1) is 15.4. The molecule has 0 spiro atoms. The molecule has 0 atom stereocenters. The summed E-state index contributed by atoms with van der Waals surface area (Å²) in [6.07, 6.45) is 3.30. The van der Waals surface area contributed by atoms with Crippen LogP contribution in [0.3, 0.4) is 0 Å². The number of carbonyl (C=O) groups excluding carboxylic acids is 1. The van der Waals surface area contributed by atoms with Gasteiger partial charge in [0, 0.05) is 13.1 Å². The second-order valence-electron chi connectivity index (χ2n) is 7.16. The van der Waals surface area contributed by atoms with E-state index in [-0.39, 0.29) is 19.8 Å². The van der Waals surface area contributed by atoms with Crippen LogP contribution < -0.4 is 14.8 Å². The SMILES string of the molecule is N#C/C(C(=O)N1CCCC1)=c1/s/c(=C/c2cccc(Cl)c2Cl)c(=O)n1-c1ccc(F)cc1. The van der Waals surface area contributed by atoms with Gasteiger partial charge in [-0.1, -0.05) is 35.3 Å². The quantitative estimate of drug-likeness (QED) is 0.567. The van der Waals surface area contributed by atoms with Crippen molar-refractivity contribution >= 4 is 52.1 Å². The molecule has 0 saturated carbocycles. The number of aromatic nitrogens is 1. The van der Waals surface area contributed by atoms with Gasteiger partial charge in [-0.2, -0.15) is 5.26 Å². The van der Waals surface area contributed by atoms with Crippen LogP contribution in [-0.4, -0.2) is 28.5 Å². The zero-order valence-corrected chi connectivity index (χ0v) is 19.0. The molecule has 0 bridgehead atoms. The Bertz CT molecular complexity index is 1420. The first kappa shape index (κ1) is 22.3. The Labute approximate surface area is 196 Å². The Balaban J connectivity index is 2.03. The number of hydrogen-bond donors (Lipinski definition) is 0. The summed E-state index contributed by atoms with van der Waals surface area (Å²) in [7, 11) is 0. The third-order valence-electron chi connectivity index (χ3n) is 5.11. The van der Waals surface area contributed by atoms with E-state index in [1.807, 2.05) is 6.07 Å². The van der Waals surface area contributed by atoms with E-state index >= 15 is 0 Å². The Morgan fingerprint density at radius 1 is 1.12 bits per heavy atom. The van der Waals surface area contributed by atoms with E-state index in [9.17, 15) is 19.2 Å². The minimum absolute atomic E-state index is 0.129. The van der Waals surface area contributed by atoms with Crippen molar-refractivity contribution in [1.29, 1.82) is 5.26 Å². The largest absolute Gasteiger partial charge is 0.338 e. The Morgan fingerprint density at radius 2 is 1.81 bits per heavy atom. The smallest absolute Gasteiger partial charge is 0.273 e. The molecule has 0 radical (unpaired) electrons. The van der Waals surface area contributed by atoms with Gasteiger partial charge in [0.25, 0.3) is 11.5 Å². The first-order valence-electron chi connectivity index (χ1n) is 9.78. The zero-order valence-electron chi connectivity index (χ0n) is 16.6. The normalized spacial score (nSPS) is 15.1. The van der Waals surface area contributed by atoms with Crippen LogP contribution in [0.5, 0.6) is 0 Å². The lowest BCUT2D eigenvalue weighted by Gasteiger charge is -2.14. The van der Waals surface area contributed by atoms with Crippen LogP contribution in [0.4, 0.5) is 4.39 Å². The summed E-state index contributed by atoms with van der Waals surface area (Å²) in [5.74, 6) is -0.886. The van der Waals surface area contributed by atoms with Crippen LogP contribution in [0.15, 0.2) is 47.3 Å². The number of thiazole rings is 1. The summed E-state index contributed by atoms with van der Waals surface area (Å²) in [5, 5.41) is 10.5. The molecule has 1 fully saturated rings. The molecule has 1 saturated heterocycles. The molecule has 1 amide bonds. The first-order valence-corrected chi connectivity index (χ1v) is 11.3. The predicted molar refractivity (Wildman–Crippen MR) is 124 cm³/mol. The monoisotopic (exact) mass is 487 g/mol. The standard InChI is InChI=1S/C23H16Cl2FN3O2S/c24-18-5-3-4-14(20(18)25)12-19-22(31)29(16-8-6-15(26)7-9-16)23(32-19)17(13-27)21(30)28-10-1-2-11-28/h3-9,12H,1-2,10-11H2/b19-12+,23-17-. The average Bonchev–Trinajstić information content (AvgIpc) is 3.42. The fourth-order valence-corrected chi connectivity index (χ4v) is 4.96. The second kappa shape index (κ2) is 9.29. The third kappa shape index (κ3) is 4.22. The van der Waals surface area contributed by atoms with Crippen molar-refractivity contribution in [3.8, 4) is 11.8 Å². The maximum absolute atomic E-state index is 13.5. The number of nitrogens with zero attached hydrogens (tertiary/aromatic N) is 3. The number of hydrogen-bond acceptors (Lipinski definition) is 4. The van der Waals surface area contributed by atoms with Crippen LogP contribution in [-0.2, 0) is 4.79 Å². The van der Waals surface area contributed by atoms with Gasteiger partial charge in [-0.15, -0.1) is 11.3 Å². The zero-order chi connectivity index (χ0) is 22.8. The molecule has 9 heteroatoms. The Morgan fingerprint density at radius 3 is 2.47 bits per heavy atom. The van der Waals surface area contributed by atoms with Crippen LogP contribution in [0.1, 0.15) is 18.4 Å². The van der Waals surface area contributed by atoms with Crippen molar-refractivity contribution < 1.29 is 9.18 Å². The molecule has 1 aliphatic heterocycles. The summed E-state index contributed by atoms with van der Waals surface area (Å²) in [6.45, 7) is 1.13. The van der Waals surface area contributed by atoms with Gasteiger partial charge in [0.2, 0.25) is 0 Å². The molecule has 1 aliphatic rings. The van der Waals surface area contributed by atoms with Crippen molar-refractivity contribution in [2.24, 2.45) is 0 Å². The van der Waals surface area contributed by atoms with E-state index < -0.39 is 17.3 Å². The molecule has 0 aliphatic carbocycles. The van der Waals surface area contributed by atoms with Gasteiger partial charge >= 0.3 is 0 Å².